The number of nitrogens with one attached hydrogen (secondary N) is 1. The van der Waals surface area contributed by atoms with Crippen LogP contribution in [-0.2, 0) is 10.0 Å². The highest BCUT2D eigenvalue weighted by molar-refractivity contribution is 9.10. The van der Waals surface area contributed by atoms with Crippen LogP contribution in [0.15, 0.2) is 39.7 Å². The second kappa shape index (κ2) is 5.69. The van der Waals surface area contributed by atoms with Crippen LogP contribution in [-0.4, -0.2) is 8.42 Å². The Balaban J connectivity index is 2.43. The van der Waals surface area contributed by atoms with Crippen LogP contribution in [0.3, 0.4) is 0 Å². The lowest BCUT2D eigenvalue weighted by Crippen LogP contribution is -2.14. The second-order valence-corrected chi connectivity index (χ2v) is 7.62. The first-order chi connectivity index (χ1) is 9.70. The molecular formula is C15H17BrN2O2S. The Morgan fingerprint density at radius 1 is 1.05 bits per heavy atom. The maximum absolute atomic E-state index is 12.5. The molecule has 0 aromatic heterocycles. The summed E-state index contributed by atoms with van der Waals surface area (Å²) in [4.78, 5) is 0.172. The molecule has 0 bridgehead atoms. The van der Waals surface area contributed by atoms with E-state index >= 15 is 0 Å². The molecular weight excluding hydrogens is 352 g/mol. The number of nitrogens with two attached hydrogens (primary N) is 1. The smallest absolute Gasteiger partial charge is 0.261 e. The van der Waals surface area contributed by atoms with Crippen molar-refractivity contribution in [3.8, 4) is 0 Å². The molecule has 0 radical (unpaired) electrons. The standard InChI is InChI=1S/C15H17BrN2O2S/c1-9-7-13(8-14(17)11(9)3)21(19,20)18-15-5-4-12(16)6-10(15)2/h4-8,18H,17H2,1-3H3. The van der Waals surface area contributed by atoms with E-state index in [0.29, 0.717) is 11.4 Å². The fourth-order valence-electron chi connectivity index (χ4n) is 1.95. The van der Waals surface area contributed by atoms with Crippen molar-refractivity contribution in [1.82, 2.24) is 0 Å². The molecule has 0 spiro atoms. The van der Waals surface area contributed by atoms with Gasteiger partial charge >= 0.3 is 0 Å². The summed E-state index contributed by atoms with van der Waals surface area (Å²) >= 11 is 3.35. The molecule has 0 aliphatic heterocycles. The van der Waals surface area contributed by atoms with Gasteiger partial charge in [0.25, 0.3) is 10.0 Å². The van der Waals surface area contributed by atoms with Gasteiger partial charge in [-0.05, 0) is 67.8 Å². The number of sulfonamides is 1. The largest absolute Gasteiger partial charge is 0.398 e. The number of nitrogen functional groups attached to an aromatic ring is 1. The summed E-state index contributed by atoms with van der Waals surface area (Å²) in [5.74, 6) is 0. The lowest BCUT2D eigenvalue weighted by molar-refractivity contribution is 0.601. The number of anilines is 2. The summed E-state index contributed by atoms with van der Waals surface area (Å²) < 4.78 is 28.5. The molecule has 3 N–H and O–H groups in total. The summed E-state index contributed by atoms with van der Waals surface area (Å²) in [7, 11) is -3.66. The number of rotatable bonds is 3. The number of halogens is 1. The molecule has 0 atom stereocenters. The zero-order valence-corrected chi connectivity index (χ0v) is 14.5. The minimum atomic E-state index is -3.66. The predicted octanol–water partition coefficient (Wildman–Crippen LogP) is 3.76. The Bertz CT molecular complexity index is 778. The average Bonchev–Trinajstić information content (AvgIpc) is 2.38. The summed E-state index contributed by atoms with van der Waals surface area (Å²) in [5.41, 5.74) is 9.47. The fraction of sp³-hybridized carbons (Fsp3) is 0.200. The first-order valence-corrected chi connectivity index (χ1v) is 8.64. The van der Waals surface area contributed by atoms with Crippen LogP contribution in [0.5, 0.6) is 0 Å². The van der Waals surface area contributed by atoms with Crippen molar-refractivity contribution in [2.24, 2.45) is 0 Å². The number of benzene rings is 2. The van der Waals surface area contributed by atoms with Crippen LogP contribution in [0.25, 0.3) is 0 Å². The molecule has 6 heteroatoms. The molecule has 0 aliphatic rings. The van der Waals surface area contributed by atoms with Gasteiger partial charge in [0.2, 0.25) is 0 Å². The van der Waals surface area contributed by atoms with Gasteiger partial charge in [0.1, 0.15) is 0 Å². The third-order valence-corrected chi connectivity index (χ3v) is 5.26. The Kier molecular flexibility index (Phi) is 4.30. The lowest BCUT2D eigenvalue weighted by Gasteiger charge is -2.13. The maximum atomic E-state index is 12.5. The zero-order chi connectivity index (χ0) is 15.8. The van der Waals surface area contributed by atoms with Crippen molar-refractivity contribution in [3.05, 3.63) is 51.5 Å². The van der Waals surface area contributed by atoms with E-state index in [-0.39, 0.29) is 4.90 Å². The predicted molar refractivity (Wildman–Crippen MR) is 90.0 cm³/mol. The van der Waals surface area contributed by atoms with E-state index in [9.17, 15) is 8.42 Å². The fourth-order valence-corrected chi connectivity index (χ4v) is 3.68. The van der Waals surface area contributed by atoms with Gasteiger partial charge < -0.3 is 5.73 Å². The monoisotopic (exact) mass is 368 g/mol. The highest BCUT2D eigenvalue weighted by atomic mass is 79.9. The highest BCUT2D eigenvalue weighted by Gasteiger charge is 2.17. The SMILES string of the molecule is Cc1cc(Br)ccc1NS(=O)(=O)c1cc(C)c(C)c(N)c1. The first-order valence-electron chi connectivity index (χ1n) is 6.36. The summed E-state index contributed by atoms with van der Waals surface area (Å²) in [6, 6.07) is 8.48. The van der Waals surface area contributed by atoms with Crippen LogP contribution in [0.1, 0.15) is 16.7 Å². The van der Waals surface area contributed by atoms with E-state index in [1.165, 1.54) is 6.07 Å². The van der Waals surface area contributed by atoms with Gasteiger partial charge in [-0.1, -0.05) is 15.9 Å². The Morgan fingerprint density at radius 2 is 1.71 bits per heavy atom. The third kappa shape index (κ3) is 3.39. The van der Waals surface area contributed by atoms with Gasteiger partial charge in [0.15, 0.2) is 0 Å². The molecule has 0 aliphatic carbocycles. The van der Waals surface area contributed by atoms with Gasteiger partial charge in [-0.2, -0.15) is 0 Å². The van der Waals surface area contributed by atoms with Gasteiger partial charge in [-0.3, -0.25) is 4.72 Å². The average molecular weight is 369 g/mol. The quantitative estimate of drug-likeness (QED) is 0.810. The second-order valence-electron chi connectivity index (χ2n) is 5.02. The van der Waals surface area contributed by atoms with E-state index in [1.807, 2.05) is 26.8 Å². The van der Waals surface area contributed by atoms with E-state index < -0.39 is 10.0 Å². The van der Waals surface area contributed by atoms with Crippen molar-refractivity contribution in [2.45, 2.75) is 25.7 Å². The molecule has 2 rings (SSSR count). The van der Waals surface area contributed by atoms with Gasteiger partial charge in [-0.25, -0.2) is 8.42 Å². The molecule has 2 aromatic rings. The third-order valence-electron chi connectivity index (χ3n) is 3.42. The molecule has 0 fully saturated rings. The molecule has 4 nitrogen and oxygen atoms in total. The normalized spacial score (nSPS) is 11.4. The van der Waals surface area contributed by atoms with Crippen LogP contribution in [0.4, 0.5) is 11.4 Å². The van der Waals surface area contributed by atoms with Crippen LogP contribution >= 0.6 is 15.9 Å². The van der Waals surface area contributed by atoms with Crippen LogP contribution < -0.4 is 10.5 Å². The van der Waals surface area contributed by atoms with Crippen LogP contribution in [0.2, 0.25) is 0 Å². The summed E-state index contributed by atoms with van der Waals surface area (Å²) in [6.45, 7) is 5.56. The minimum Gasteiger partial charge on any atom is -0.398 e. The number of aryl methyl sites for hydroxylation is 2. The highest BCUT2D eigenvalue weighted by Crippen LogP contribution is 2.26. The molecule has 112 valence electrons. The van der Waals surface area contributed by atoms with Crippen LogP contribution in [0, 0.1) is 20.8 Å². The van der Waals surface area contributed by atoms with Crippen molar-refractivity contribution < 1.29 is 8.42 Å². The van der Waals surface area contributed by atoms with Crippen molar-refractivity contribution in [1.29, 1.82) is 0 Å². The topological polar surface area (TPSA) is 72.2 Å². The summed E-state index contributed by atoms with van der Waals surface area (Å²) in [5, 5.41) is 0. The van der Waals surface area contributed by atoms with E-state index in [2.05, 4.69) is 20.7 Å². The molecule has 0 saturated carbocycles. The Labute approximate surface area is 133 Å². The van der Waals surface area contributed by atoms with Crippen molar-refractivity contribution >= 4 is 37.3 Å². The molecule has 21 heavy (non-hydrogen) atoms. The Hall–Kier alpha value is -1.53. The molecule has 0 unspecified atom stereocenters. The first kappa shape index (κ1) is 15.9. The molecule has 0 amide bonds. The van der Waals surface area contributed by atoms with E-state index in [4.69, 9.17) is 5.73 Å². The van der Waals surface area contributed by atoms with Crippen molar-refractivity contribution in [2.75, 3.05) is 10.5 Å². The van der Waals surface area contributed by atoms with E-state index in [0.717, 1.165) is 21.2 Å². The molecule has 0 saturated heterocycles. The van der Waals surface area contributed by atoms with Gasteiger partial charge in [0.05, 0.1) is 10.6 Å². The lowest BCUT2D eigenvalue weighted by atomic mass is 10.1. The van der Waals surface area contributed by atoms with E-state index in [1.54, 1.807) is 18.2 Å². The zero-order valence-electron chi connectivity index (χ0n) is 12.1. The number of hydrogen-bond acceptors (Lipinski definition) is 3. The maximum Gasteiger partial charge on any atom is 0.261 e. The minimum absolute atomic E-state index is 0.172. The summed E-state index contributed by atoms with van der Waals surface area (Å²) in [6.07, 6.45) is 0. The number of hydrogen-bond donors (Lipinski definition) is 2. The van der Waals surface area contributed by atoms with Gasteiger partial charge in [-0.15, -0.1) is 0 Å². The molecule has 0 heterocycles. The van der Waals surface area contributed by atoms with Crippen molar-refractivity contribution in [3.63, 3.8) is 0 Å². The Morgan fingerprint density at radius 3 is 2.29 bits per heavy atom. The molecule has 2 aromatic carbocycles. The van der Waals surface area contributed by atoms with Gasteiger partial charge in [0, 0.05) is 10.2 Å².